The molecule has 1 unspecified atom stereocenters. The van der Waals surface area contributed by atoms with Crippen molar-refractivity contribution >= 4 is 17.5 Å². The molecule has 3 atom stereocenters. The summed E-state index contributed by atoms with van der Waals surface area (Å²) in [6, 6.07) is 1.40. The normalized spacial score (nSPS) is 25.2. The lowest BCUT2D eigenvalue weighted by Crippen LogP contribution is -2.57. The Balaban J connectivity index is 1.72. The van der Waals surface area contributed by atoms with Crippen LogP contribution in [-0.2, 0) is 27.3 Å². The van der Waals surface area contributed by atoms with E-state index in [0.717, 1.165) is 0 Å². The van der Waals surface area contributed by atoms with Crippen molar-refractivity contribution in [2.75, 3.05) is 20.3 Å². The fraction of sp³-hybridized carbons (Fsp3) is 0.500. The van der Waals surface area contributed by atoms with Crippen LogP contribution in [0.3, 0.4) is 0 Å². The summed E-state index contributed by atoms with van der Waals surface area (Å²) >= 11 is 0. The van der Waals surface area contributed by atoms with E-state index >= 15 is 0 Å². The van der Waals surface area contributed by atoms with E-state index in [2.05, 4.69) is 5.32 Å². The molecule has 1 aromatic rings. The molecule has 3 aliphatic rings. The number of phenolic OH excluding ortho intramolecular Hbond substituents is 1. The first-order chi connectivity index (χ1) is 17.4. The number of allylic oxidation sites excluding steroid dienone is 2. The van der Waals surface area contributed by atoms with Gasteiger partial charge in [-0.1, -0.05) is 0 Å². The molecule has 0 fully saturated rings. The van der Waals surface area contributed by atoms with E-state index in [1.165, 1.54) is 13.2 Å². The van der Waals surface area contributed by atoms with E-state index in [1.807, 2.05) is 13.8 Å². The van der Waals surface area contributed by atoms with Crippen molar-refractivity contribution in [1.82, 2.24) is 5.32 Å². The number of phenols is 1. The number of aromatic hydroxyl groups is 1. The van der Waals surface area contributed by atoms with Gasteiger partial charge in [-0.25, -0.2) is 0 Å². The first kappa shape index (κ1) is 26.6. The minimum absolute atomic E-state index is 0.0574. The quantitative estimate of drug-likeness (QED) is 0.216. The Labute approximate surface area is 213 Å². The number of nitrogens with one attached hydrogen (secondary N) is 1. The van der Waals surface area contributed by atoms with Crippen LogP contribution in [0.1, 0.15) is 48.2 Å². The number of aliphatic hydroxyl groups excluding tert-OH is 2. The Hall–Kier alpha value is -3.41. The van der Waals surface area contributed by atoms with E-state index < -0.39 is 52.0 Å². The molecule has 1 aromatic carbocycles. The molecular weight excluding hydrogens is 484 g/mol. The summed E-state index contributed by atoms with van der Waals surface area (Å²) in [7, 11) is 1.46. The summed E-state index contributed by atoms with van der Waals surface area (Å²) in [6.45, 7) is 5.26. The number of carbonyl (C=O) groups is 3. The summed E-state index contributed by atoms with van der Waals surface area (Å²) in [5.74, 6) is -6.21. The number of ketones is 2. The van der Waals surface area contributed by atoms with Gasteiger partial charge in [-0.3, -0.25) is 14.4 Å². The molecule has 200 valence electrons. The number of hydrogen-bond acceptors (Lipinski definition) is 10. The number of methoxy groups -OCH3 is 1. The molecule has 0 aromatic heterocycles. The number of primary amides is 1. The molecule has 3 aliphatic carbocycles. The highest BCUT2D eigenvalue weighted by Crippen LogP contribution is 2.52. The second-order valence-electron chi connectivity index (χ2n) is 9.95. The first-order valence-corrected chi connectivity index (χ1v) is 12.1. The number of hydrogen-bond donors (Lipinski definition) is 6. The molecule has 0 heterocycles. The molecule has 7 N–H and O–H groups in total. The molecule has 0 aliphatic heterocycles. The molecule has 11 nitrogen and oxygen atoms in total. The number of amides is 1. The zero-order valence-corrected chi connectivity index (χ0v) is 21.0. The zero-order chi connectivity index (χ0) is 27.2. The summed E-state index contributed by atoms with van der Waals surface area (Å²) in [4.78, 5) is 38.3. The molecule has 0 spiro atoms. The summed E-state index contributed by atoms with van der Waals surface area (Å²) in [6.07, 6.45) is 0.0542. The first-order valence-electron chi connectivity index (χ1n) is 12.1. The molecule has 4 rings (SSSR count). The van der Waals surface area contributed by atoms with Crippen LogP contribution < -0.4 is 15.8 Å². The van der Waals surface area contributed by atoms with Crippen LogP contribution in [0.2, 0.25) is 0 Å². The minimum Gasteiger partial charge on any atom is -0.511 e. The molecule has 0 radical (unpaired) electrons. The fourth-order valence-corrected chi connectivity index (χ4v) is 5.71. The molecule has 0 bridgehead atoms. The number of rotatable bonds is 8. The zero-order valence-electron chi connectivity index (χ0n) is 21.0. The second kappa shape index (κ2) is 9.81. The average Bonchev–Trinajstić information content (AvgIpc) is 2.80. The Morgan fingerprint density at radius 2 is 1.95 bits per heavy atom. The number of ether oxygens (including phenoxy) is 2. The third-order valence-corrected chi connectivity index (χ3v) is 7.34. The number of aliphatic hydroxyl groups is 3. The van der Waals surface area contributed by atoms with E-state index in [4.69, 9.17) is 15.2 Å². The Morgan fingerprint density at radius 1 is 1.24 bits per heavy atom. The van der Waals surface area contributed by atoms with Gasteiger partial charge in [0.1, 0.15) is 28.6 Å². The maximum absolute atomic E-state index is 13.6. The van der Waals surface area contributed by atoms with Gasteiger partial charge in [0.2, 0.25) is 5.78 Å². The molecule has 11 heteroatoms. The van der Waals surface area contributed by atoms with Crippen molar-refractivity contribution in [3.8, 4) is 11.5 Å². The van der Waals surface area contributed by atoms with Crippen LogP contribution in [0.15, 0.2) is 28.7 Å². The third kappa shape index (κ3) is 4.26. The highest BCUT2D eigenvalue weighted by atomic mass is 16.5. The van der Waals surface area contributed by atoms with E-state index in [1.54, 1.807) is 0 Å². The predicted molar refractivity (Wildman–Crippen MR) is 130 cm³/mol. The second-order valence-corrected chi connectivity index (χ2v) is 9.95. The maximum Gasteiger partial charge on any atom is 0.255 e. The van der Waals surface area contributed by atoms with Gasteiger partial charge in [-0.15, -0.1) is 0 Å². The molecule has 1 amide bonds. The van der Waals surface area contributed by atoms with Crippen LogP contribution in [0.4, 0.5) is 0 Å². The van der Waals surface area contributed by atoms with Crippen LogP contribution >= 0.6 is 0 Å². The van der Waals surface area contributed by atoms with Gasteiger partial charge in [-0.2, -0.15) is 0 Å². The van der Waals surface area contributed by atoms with Crippen LogP contribution in [0.25, 0.3) is 0 Å². The third-order valence-electron chi connectivity index (χ3n) is 7.34. The van der Waals surface area contributed by atoms with E-state index in [0.29, 0.717) is 36.6 Å². The lowest BCUT2D eigenvalue weighted by atomic mass is 9.60. The number of fused-ring (bicyclic) bond motifs is 3. The van der Waals surface area contributed by atoms with Crippen LogP contribution in [0.5, 0.6) is 11.5 Å². The SMILES string of the molecule is COc1c(CNCCOC(C)C)cc(O)c2c1CC1C[C@H]3CC(O)=C(C(N)=O)C(=O)[C@@]3(O)C(O)=C1C2=O. The lowest BCUT2D eigenvalue weighted by molar-refractivity contribution is -0.144. The van der Waals surface area contributed by atoms with Gasteiger partial charge in [0, 0.05) is 42.1 Å². The average molecular weight is 517 g/mol. The highest BCUT2D eigenvalue weighted by Gasteiger charge is 2.59. The summed E-state index contributed by atoms with van der Waals surface area (Å²) in [5.41, 5.74) is 2.62. The van der Waals surface area contributed by atoms with Gasteiger partial charge < -0.3 is 41.0 Å². The molecular formula is C26H32N2O9. The molecule has 0 saturated heterocycles. The number of nitrogens with two attached hydrogens (primary N) is 1. The number of carbonyl (C=O) groups excluding carboxylic acids is 3. The molecule has 0 saturated carbocycles. The standard InChI is InChI=1S/C26H32N2O9/c1-11(2)37-5-4-28-10-13-8-16(29)19-15(22(13)36-3)7-12-6-14-9-17(30)20(25(27)34)24(33)26(14,35)23(32)18(12)21(19)31/h8,11-12,14,28-30,32,35H,4-7,9-10H2,1-3H3,(H2,27,34)/t12?,14-,26-/m0/s1. The topological polar surface area (TPSA) is 189 Å². The van der Waals surface area contributed by atoms with Crippen molar-refractivity contribution in [1.29, 1.82) is 0 Å². The van der Waals surface area contributed by atoms with Gasteiger partial charge in [0.25, 0.3) is 5.91 Å². The van der Waals surface area contributed by atoms with E-state index in [9.17, 15) is 34.8 Å². The predicted octanol–water partition coefficient (Wildman–Crippen LogP) is 1.10. The smallest absolute Gasteiger partial charge is 0.255 e. The monoisotopic (exact) mass is 516 g/mol. The summed E-state index contributed by atoms with van der Waals surface area (Å²) < 4.78 is 11.1. The van der Waals surface area contributed by atoms with Gasteiger partial charge in [0.05, 0.1) is 25.4 Å². The Kier molecular flexibility index (Phi) is 7.06. The van der Waals surface area contributed by atoms with Gasteiger partial charge >= 0.3 is 0 Å². The van der Waals surface area contributed by atoms with Crippen molar-refractivity contribution in [3.63, 3.8) is 0 Å². The van der Waals surface area contributed by atoms with Crippen LogP contribution in [0, 0.1) is 11.8 Å². The van der Waals surface area contributed by atoms with Crippen LogP contribution in [-0.4, -0.2) is 69.9 Å². The lowest BCUT2D eigenvalue weighted by Gasteiger charge is -2.45. The Bertz CT molecular complexity index is 1230. The number of Topliss-reactive ketones (excluding diaryl/α,β-unsaturated/α-hetero) is 2. The summed E-state index contributed by atoms with van der Waals surface area (Å²) in [5, 5.41) is 46.7. The van der Waals surface area contributed by atoms with Crippen molar-refractivity contribution in [3.05, 3.63) is 45.4 Å². The van der Waals surface area contributed by atoms with Crippen molar-refractivity contribution in [2.24, 2.45) is 17.6 Å². The largest absolute Gasteiger partial charge is 0.511 e. The Morgan fingerprint density at radius 3 is 2.57 bits per heavy atom. The van der Waals surface area contributed by atoms with Crippen molar-refractivity contribution in [2.45, 2.75) is 51.4 Å². The highest BCUT2D eigenvalue weighted by molar-refractivity contribution is 6.24. The van der Waals surface area contributed by atoms with Gasteiger partial charge in [-0.05, 0) is 38.7 Å². The van der Waals surface area contributed by atoms with Gasteiger partial charge in [0.15, 0.2) is 11.4 Å². The maximum atomic E-state index is 13.6. The number of benzene rings is 1. The minimum atomic E-state index is -2.59. The van der Waals surface area contributed by atoms with Crippen molar-refractivity contribution < 1.29 is 44.3 Å². The molecule has 37 heavy (non-hydrogen) atoms. The fourth-order valence-electron chi connectivity index (χ4n) is 5.71. The van der Waals surface area contributed by atoms with E-state index in [-0.39, 0.29) is 42.3 Å².